The van der Waals surface area contributed by atoms with Crippen LogP contribution in [0, 0.1) is 19.8 Å². The molecule has 0 saturated heterocycles. The summed E-state index contributed by atoms with van der Waals surface area (Å²) in [7, 11) is 0. The van der Waals surface area contributed by atoms with E-state index in [1.165, 1.54) is 24.0 Å². The highest BCUT2D eigenvalue weighted by Gasteiger charge is 2.32. The molecular weight excluding hydrogens is 182 g/mol. The van der Waals surface area contributed by atoms with E-state index in [1.54, 1.807) is 5.56 Å². The molecule has 0 amide bonds. The van der Waals surface area contributed by atoms with Gasteiger partial charge in [0.25, 0.3) is 0 Å². The summed E-state index contributed by atoms with van der Waals surface area (Å²) < 4.78 is 0. The van der Waals surface area contributed by atoms with Crippen molar-refractivity contribution in [2.24, 2.45) is 11.7 Å². The van der Waals surface area contributed by atoms with Crippen molar-refractivity contribution in [2.75, 3.05) is 6.54 Å². The van der Waals surface area contributed by atoms with Gasteiger partial charge >= 0.3 is 0 Å². The first-order valence-corrected chi connectivity index (χ1v) is 6.00. The summed E-state index contributed by atoms with van der Waals surface area (Å²) in [5, 5.41) is 0. The first-order valence-electron chi connectivity index (χ1n) is 6.00. The lowest BCUT2D eigenvalue weighted by molar-refractivity contribution is 0.562. The molecule has 0 aliphatic heterocycles. The van der Waals surface area contributed by atoms with Gasteiger partial charge in [-0.15, -0.1) is 0 Å². The van der Waals surface area contributed by atoms with Crippen molar-refractivity contribution in [1.82, 2.24) is 0 Å². The van der Waals surface area contributed by atoms with Crippen molar-refractivity contribution < 1.29 is 0 Å². The normalized spacial score (nSPS) is 17.8. The number of rotatable bonds is 4. The zero-order valence-corrected chi connectivity index (χ0v) is 9.79. The molecule has 0 heterocycles. The lowest BCUT2D eigenvalue weighted by Crippen LogP contribution is -2.10. The standard InChI is InChI=1S/C14H21N/c1-10-4-3-5-13(11(10)2)14(8-9-15)12-6-7-12/h3-5,12,14H,6-9,15H2,1-2H3. The third-order valence-electron chi connectivity index (χ3n) is 3.71. The third kappa shape index (κ3) is 2.23. The van der Waals surface area contributed by atoms with E-state index in [0.717, 1.165) is 24.8 Å². The monoisotopic (exact) mass is 203 g/mol. The molecular formula is C14H21N. The van der Waals surface area contributed by atoms with E-state index in [2.05, 4.69) is 32.0 Å². The average Bonchev–Trinajstić information content (AvgIpc) is 3.03. The Bertz CT molecular complexity index is 339. The number of hydrogen-bond acceptors (Lipinski definition) is 1. The van der Waals surface area contributed by atoms with Crippen molar-refractivity contribution in [1.29, 1.82) is 0 Å². The fourth-order valence-corrected chi connectivity index (χ4v) is 2.50. The molecule has 2 N–H and O–H groups in total. The van der Waals surface area contributed by atoms with Gasteiger partial charge < -0.3 is 5.73 Å². The molecule has 1 aliphatic rings. The smallest absolute Gasteiger partial charge is 0.00713 e. The first kappa shape index (κ1) is 10.7. The minimum atomic E-state index is 0.717. The zero-order valence-electron chi connectivity index (χ0n) is 9.79. The second-order valence-electron chi connectivity index (χ2n) is 4.81. The topological polar surface area (TPSA) is 26.0 Å². The highest BCUT2D eigenvalue weighted by atomic mass is 14.5. The van der Waals surface area contributed by atoms with E-state index in [-0.39, 0.29) is 0 Å². The van der Waals surface area contributed by atoms with Crippen LogP contribution < -0.4 is 5.73 Å². The molecule has 82 valence electrons. The van der Waals surface area contributed by atoms with Crippen LogP contribution in [0.1, 0.15) is 41.9 Å². The van der Waals surface area contributed by atoms with Gasteiger partial charge in [-0.25, -0.2) is 0 Å². The summed E-state index contributed by atoms with van der Waals surface area (Å²) in [6, 6.07) is 6.68. The summed E-state index contributed by atoms with van der Waals surface area (Å²) in [5.41, 5.74) is 10.2. The van der Waals surface area contributed by atoms with Gasteiger partial charge in [0.2, 0.25) is 0 Å². The van der Waals surface area contributed by atoms with Crippen molar-refractivity contribution in [3.63, 3.8) is 0 Å². The number of benzene rings is 1. The summed E-state index contributed by atoms with van der Waals surface area (Å²) in [5.74, 6) is 1.63. The van der Waals surface area contributed by atoms with E-state index in [0.29, 0.717) is 0 Å². The Hall–Kier alpha value is -0.820. The Balaban J connectivity index is 2.28. The molecule has 15 heavy (non-hydrogen) atoms. The highest BCUT2D eigenvalue weighted by Crippen LogP contribution is 2.45. The summed E-state index contributed by atoms with van der Waals surface area (Å²) in [6.45, 7) is 5.26. The fraction of sp³-hybridized carbons (Fsp3) is 0.571. The van der Waals surface area contributed by atoms with Crippen LogP contribution in [0.15, 0.2) is 18.2 Å². The van der Waals surface area contributed by atoms with Crippen molar-refractivity contribution in [3.05, 3.63) is 34.9 Å². The molecule has 0 bridgehead atoms. The lowest BCUT2D eigenvalue weighted by atomic mass is 9.86. The molecule has 1 aromatic rings. The average molecular weight is 203 g/mol. The van der Waals surface area contributed by atoms with E-state index in [9.17, 15) is 0 Å². The van der Waals surface area contributed by atoms with Gasteiger partial charge in [-0.2, -0.15) is 0 Å². The molecule has 1 aromatic carbocycles. The molecule has 1 atom stereocenters. The maximum atomic E-state index is 5.72. The Morgan fingerprint density at radius 2 is 2.07 bits per heavy atom. The van der Waals surface area contributed by atoms with E-state index in [1.807, 2.05) is 0 Å². The van der Waals surface area contributed by atoms with Gasteiger partial charge in [-0.1, -0.05) is 18.2 Å². The van der Waals surface area contributed by atoms with Crippen molar-refractivity contribution in [2.45, 2.75) is 39.0 Å². The second kappa shape index (κ2) is 4.36. The van der Waals surface area contributed by atoms with Gasteiger partial charge in [-0.3, -0.25) is 0 Å². The maximum absolute atomic E-state index is 5.72. The largest absolute Gasteiger partial charge is 0.330 e. The molecule has 0 spiro atoms. The van der Waals surface area contributed by atoms with Crippen LogP contribution in [-0.2, 0) is 0 Å². The molecule has 0 aromatic heterocycles. The molecule has 2 rings (SSSR count). The van der Waals surface area contributed by atoms with Crippen LogP contribution >= 0.6 is 0 Å². The van der Waals surface area contributed by atoms with Crippen LogP contribution in [0.3, 0.4) is 0 Å². The van der Waals surface area contributed by atoms with Crippen LogP contribution in [0.25, 0.3) is 0 Å². The molecule has 1 unspecified atom stereocenters. The Morgan fingerprint density at radius 3 is 2.67 bits per heavy atom. The Morgan fingerprint density at radius 1 is 1.33 bits per heavy atom. The van der Waals surface area contributed by atoms with Gasteiger partial charge in [0.15, 0.2) is 0 Å². The van der Waals surface area contributed by atoms with Crippen molar-refractivity contribution in [3.8, 4) is 0 Å². The van der Waals surface area contributed by atoms with Crippen molar-refractivity contribution >= 4 is 0 Å². The predicted molar refractivity (Wildman–Crippen MR) is 65.1 cm³/mol. The maximum Gasteiger partial charge on any atom is -0.00713 e. The van der Waals surface area contributed by atoms with E-state index in [4.69, 9.17) is 5.73 Å². The number of nitrogens with two attached hydrogens (primary N) is 1. The quantitative estimate of drug-likeness (QED) is 0.799. The molecule has 1 saturated carbocycles. The van der Waals surface area contributed by atoms with Crippen LogP contribution in [0.4, 0.5) is 0 Å². The second-order valence-corrected chi connectivity index (χ2v) is 4.81. The highest BCUT2D eigenvalue weighted by molar-refractivity contribution is 5.36. The van der Waals surface area contributed by atoms with Crippen LogP contribution in [0.2, 0.25) is 0 Å². The van der Waals surface area contributed by atoms with Gasteiger partial charge in [0, 0.05) is 0 Å². The Labute approximate surface area is 92.7 Å². The minimum Gasteiger partial charge on any atom is -0.330 e. The number of hydrogen-bond donors (Lipinski definition) is 1. The van der Waals surface area contributed by atoms with Gasteiger partial charge in [0.05, 0.1) is 0 Å². The van der Waals surface area contributed by atoms with Gasteiger partial charge in [0.1, 0.15) is 0 Å². The van der Waals surface area contributed by atoms with E-state index < -0.39 is 0 Å². The molecule has 1 fully saturated rings. The fourth-order valence-electron chi connectivity index (χ4n) is 2.50. The third-order valence-corrected chi connectivity index (χ3v) is 3.71. The van der Waals surface area contributed by atoms with E-state index >= 15 is 0 Å². The molecule has 0 radical (unpaired) electrons. The minimum absolute atomic E-state index is 0.717. The Kier molecular flexibility index (Phi) is 3.11. The van der Waals surface area contributed by atoms with Gasteiger partial charge in [-0.05, 0) is 68.2 Å². The molecule has 1 heteroatoms. The molecule has 1 aliphatic carbocycles. The summed E-state index contributed by atoms with van der Waals surface area (Å²) >= 11 is 0. The predicted octanol–water partition coefficient (Wildman–Crippen LogP) is 3.15. The zero-order chi connectivity index (χ0) is 10.8. The first-order chi connectivity index (χ1) is 7.24. The van der Waals surface area contributed by atoms with Crippen LogP contribution in [-0.4, -0.2) is 6.54 Å². The van der Waals surface area contributed by atoms with Crippen LogP contribution in [0.5, 0.6) is 0 Å². The lowest BCUT2D eigenvalue weighted by Gasteiger charge is -2.19. The molecule has 1 nitrogen and oxygen atoms in total. The SMILES string of the molecule is Cc1cccc(C(CCN)C2CC2)c1C. The number of aryl methyl sites for hydroxylation is 1. The summed E-state index contributed by atoms with van der Waals surface area (Å²) in [4.78, 5) is 0. The summed E-state index contributed by atoms with van der Waals surface area (Å²) in [6.07, 6.45) is 3.95.